The molecular weight excluding hydrogens is 1140 g/mol. The molecule has 0 aliphatic rings. The average molecular weight is 1270 g/mol. The maximum atomic E-state index is 13.0. The Hall–Kier alpha value is -1.94. The molecule has 86 heavy (non-hydrogen) atoms. The van der Waals surface area contributed by atoms with Crippen LogP contribution in [0.4, 0.5) is 0 Å². The number of esters is 4. The monoisotopic (exact) mass is 1270 g/mol. The lowest BCUT2D eigenvalue weighted by atomic mass is 10.0. The van der Waals surface area contributed by atoms with E-state index in [9.17, 15) is 43.2 Å². The summed E-state index contributed by atoms with van der Waals surface area (Å²) < 4.78 is 68.1. The molecule has 0 bridgehead atoms. The van der Waals surface area contributed by atoms with Gasteiger partial charge in [0.15, 0.2) is 12.2 Å². The van der Waals surface area contributed by atoms with Crippen molar-refractivity contribution in [2.75, 3.05) is 39.6 Å². The van der Waals surface area contributed by atoms with Crippen molar-refractivity contribution in [3.63, 3.8) is 0 Å². The molecular formula is C67H130O17P2. The fourth-order valence-electron chi connectivity index (χ4n) is 10.0. The first-order valence-electron chi connectivity index (χ1n) is 34.8. The molecule has 0 aliphatic carbocycles. The molecule has 0 heterocycles. The molecule has 0 aliphatic heterocycles. The highest BCUT2D eigenvalue weighted by molar-refractivity contribution is 7.47. The van der Waals surface area contributed by atoms with Crippen molar-refractivity contribution in [1.29, 1.82) is 0 Å². The van der Waals surface area contributed by atoms with Crippen LogP contribution in [0, 0.1) is 17.8 Å². The minimum Gasteiger partial charge on any atom is -0.462 e. The third kappa shape index (κ3) is 60.9. The molecule has 510 valence electrons. The number of ether oxygens (including phenoxy) is 4. The van der Waals surface area contributed by atoms with E-state index < -0.39 is 97.5 Å². The van der Waals surface area contributed by atoms with Gasteiger partial charge >= 0.3 is 39.5 Å². The zero-order chi connectivity index (χ0) is 63.8. The van der Waals surface area contributed by atoms with Crippen molar-refractivity contribution in [1.82, 2.24) is 0 Å². The predicted octanol–water partition coefficient (Wildman–Crippen LogP) is 18.7. The standard InChI is InChI=1S/C67H130O17P2/c1-8-9-10-11-12-13-14-15-16-17-18-19-20-27-36-43-50-66(71)83-62(54-77-64(69)48-41-34-26-22-21-24-31-38-45-58(2)3)56-81-85(73,74)79-52-61(68)53-80-86(75,76)82-57-63(55-78-65(70)49-42-35-30-29-33-40-47-60(6)7)84-67(72)51-44-37-28-23-25-32-39-46-59(4)5/h58-63,68H,8-57H2,1-7H3,(H,73,74)(H,75,76)/t61-,62-,63-/m1/s1. The quantitative estimate of drug-likeness (QED) is 0.0222. The minimum absolute atomic E-state index is 0.102. The van der Waals surface area contributed by atoms with E-state index in [4.69, 9.17) is 37.0 Å². The van der Waals surface area contributed by atoms with Gasteiger partial charge < -0.3 is 33.8 Å². The van der Waals surface area contributed by atoms with E-state index in [2.05, 4.69) is 48.5 Å². The van der Waals surface area contributed by atoms with E-state index >= 15 is 0 Å². The second-order valence-electron chi connectivity index (χ2n) is 25.6. The van der Waals surface area contributed by atoms with Crippen molar-refractivity contribution in [2.24, 2.45) is 17.8 Å². The number of rotatable bonds is 65. The Morgan fingerprint density at radius 2 is 0.535 bits per heavy atom. The second kappa shape index (κ2) is 58.2. The highest BCUT2D eigenvalue weighted by Gasteiger charge is 2.30. The molecule has 0 saturated carbocycles. The van der Waals surface area contributed by atoms with Gasteiger partial charge in [0.05, 0.1) is 26.4 Å². The largest absolute Gasteiger partial charge is 0.472 e. The van der Waals surface area contributed by atoms with Gasteiger partial charge in [-0.05, 0) is 43.4 Å². The van der Waals surface area contributed by atoms with Crippen LogP contribution >= 0.6 is 15.6 Å². The van der Waals surface area contributed by atoms with Crippen LogP contribution in [-0.4, -0.2) is 96.7 Å². The predicted molar refractivity (Wildman–Crippen MR) is 344 cm³/mol. The summed E-state index contributed by atoms with van der Waals surface area (Å²) in [4.78, 5) is 72.3. The topological polar surface area (TPSA) is 237 Å². The molecule has 17 nitrogen and oxygen atoms in total. The van der Waals surface area contributed by atoms with Gasteiger partial charge in [0.1, 0.15) is 19.3 Å². The number of phosphoric acid groups is 2. The van der Waals surface area contributed by atoms with Crippen molar-refractivity contribution < 1.29 is 80.2 Å². The summed E-state index contributed by atoms with van der Waals surface area (Å²) in [5.74, 6) is -0.0335. The lowest BCUT2D eigenvalue weighted by molar-refractivity contribution is -0.161. The van der Waals surface area contributed by atoms with Crippen LogP contribution in [-0.2, 0) is 65.4 Å². The number of aliphatic hydroxyl groups excluding tert-OH is 1. The maximum Gasteiger partial charge on any atom is 0.472 e. The molecule has 0 fully saturated rings. The van der Waals surface area contributed by atoms with Gasteiger partial charge in [-0.1, -0.05) is 280 Å². The minimum atomic E-state index is -4.95. The molecule has 3 N–H and O–H groups in total. The molecule has 0 amide bonds. The average Bonchev–Trinajstić information content (AvgIpc) is 3.66. The SMILES string of the molecule is CCCCCCCCCCCCCCCCCCC(=O)O[C@H](COC(=O)CCCCCCCCCCC(C)C)COP(=O)(O)OC[C@@H](O)COP(=O)(O)OC[C@@H](COC(=O)CCCCCCCCC(C)C)OC(=O)CCCCCCCCCC(C)C. The lowest BCUT2D eigenvalue weighted by Crippen LogP contribution is -2.30. The van der Waals surface area contributed by atoms with Crippen LogP contribution in [0.5, 0.6) is 0 Å². The maximum absolute atomic E-state index is 13.0. The third-order valence-corrected chi connectivity index (χ3v) is 17.3. The Kier molecular flexibility index (Phi) is 56.9. The van der Waals surface area contributed by atoms with Crippen molar-refractivity contribution in [3.05, 3.63) is 0 Å². The van der Waals surface area contributed by atoms with E-state index in [0.717, 1.165) is 102 Å². The van der Waals surface area contributed by atoms with E-state index in [0.29, 0.717) is 37.5 Å². The van der Waals surface area contributed by atoms with Crippen LogP contribution in [0.25, 0.3) is 0 Å². The molecule has 5 atom stereocenters. The fourth-order valence-corrected chi connectivity index (χ4v) is 11.6. The molecule has 0 rings (SSSR count). The number of phosphoric ester groups is 2. The number of carbonyl (C=O) groups is 4. The van der Waals surface area contributed by atoms with E-state index in [-0.39, 0.29) is 25.7 Å². The normalized spacial score (nSPS) is 14.3. The Balaban J connectivity index is 5.23. The summed E-state index contributed by atoms with van der Waals surface area (Å²) in [7, 11) is -9.89. The number of aliphatic hydroxyl groups is 1. The zero-order valence-corrected chi connectivity index (χ0v) is 57.6. The van der Waals surface area contributed by atoms with Gasteiger partial charge in [-0.3, -0.25) is 37.3 Å². The Bertz CT molecular complexity index is 1700. The van der Waals surface area contributed by atoms with Crippen molar-refractivity contribution in [2.45, 2.75) is 349 Å². The molecule has 19 heteroatoms. The van der Waals surface area contributed by atoms with Crippen LogP contribution in [0.3, 0.4) is 0 Å². The zero-order valence-electron chi connectivity index (χ0n) is 55.8. The number of hydrogen-bond acceptors (Lipinski definition) is 15. The number of hydrogen-bond donors (Lipinski definition) is 3. The van der Waals surface area contributed by atoms with Crippen molar-refractivity contribution >= 4 is 39.5 Å². The summed E-state index contributed by atoms with van der Waals surface area (Å²) in [5.41, 5.74) is 0. The highest BCUT2D eigenvalue weighted by Crippen LogP contribution is 2.45. The van der Waals surface area contributed by atoms with Crippen LogP contribution in [0.2, 0.25) is 0 Å². The molecule has 0 radical (unpaired) electrons. The van der Waals surface area contributed by atoms with Crippen LogP contribution < -0.4 is 0 Å². The summed E-state index contributed by atoms with van der Waals surface area (Å²) in [6.07, 6.45) is 40.6. The van der Waals surface area contributed by atoms with Gasteiger partial charge in [-0.15, -0.1) is 0 Å². The molecule has 2 unspecified atom stereocenters. The van der Waals surface area contributed by atoms with Gasteiger partial charge in [0.25, 0.3) is 0 Å². The molecule has 0 spiro atoms. The third-order valence-electron chi connectivity index (χ3n) is 15.4. The smallest absolute Gasteiger partial charge is 0.462 e. The van der Waals surface area contributed by atoms with E-state index in [1.54, 1.807) is 0 Å². The summed E-state index contributed by atoms with van der Waals surface area (Å²) >= 11 is 0. The number of unbranched alkanes of at least 4 members (excludes halogenated alkanes) is 33. The van der Waals surface area contributed by atoms with Gasteiger partial charge in [-0.2, -0.15) is 0 Å². The summed E-state index contributed by atoms with van der Waals surface area (Å²) in [6.45, 7) is 11.6. The summed E-state index contributed by atoms with van der Waals surface area (Å²) in [6, 6.07) is 0. The van der Waals surface area contributed by atoms with E-state index in [1.807, 2.05) is 0 Å². The first-order valence-corrected chi connectivity index (χ1v) is 37.8. The Morgan fingerprint density at radius 1 is 0.314 bits per heavy atom. The molecule has 0 saturated heterocycles. The first kappa shape index (κ1) is 84.1. The first-order chi connectivity index (χ1) is 41.2. The molecule has 0 aromatic rings. The number of carbonyl (C=O) groups excluding carboxylic acids is 4. The highest BCUT2D eigenvalue weighted by atomic mass is 31.2. The fraction of sp³-hybridized carbons (Fsp3) is 0.940. The van der Waals surface area contributed by atoms with Crippen LogP contribution in [0.15, 0.2) is 0 Å². The second-order valence-corrected chi connectivity index (χ2v) is 28.5. The van der Waals surface area contributed by atoms with Gasteiger partial charge in [0.2, 0.25) is 0 Å². The Labute approximate surface area is 524 Å². The van der Waals surface area contributed by atoms with E-state index in [1.165, 1.54) is 135 Å². The van der Waals surface area contributed by atoms with Crippen molar-refractivity contribution in [3.8, 4) is 0 Å². The lowest BCUT2D eigenvalue weighted by Gasteiger charge is -2.21. The van der Waals surface area contributed by atoms with Gasteiger partial charge in [0, 0.05) is 25.7 Å². The molecule has 0 aromatic carbocycles. The van der Waals surface area contributed by atoms with Gasteiger partial charge in [-0.25, -0.2) is 9.13 Å². The Morgan fingerprint density at radius 3 is 0.791 bits per heavy atom. The van der Waals surface area contributed by atoms with Crippen LogP contribution in [0.1, 0.15) is 331 Å². The molecule has 0 aromatic heterocycles. The summed E-state index contributed by atoms with van der Waals surface area (Å²) in [5, 5.41) is 10.6.